The van der Waals surface area contributed by atoms with Crippen LogP contribution in [0.3, 0.4) is 0 Å². The van der Waals surface area contributed by atoms with Gasteiger partial charge in [0.15, 0.2) is 5.13 Å². The van der Waals surface area contributed by atoms with Gasteiger partial charge in [-0.25, -0.2) is 4.98 Å². The van der Waals surface area contributed by atoms with Crippen LogP contribution in [0.5, 0.6) is 0 Å². The summed E-state index contributed by atoms with van der Waals surface area (Å²) in [6.45, 7) is 0.380. The number of amides is 2. The highest BCUT2D eigenvalue weighted by atomic mass is 35.5. The average Bonchev–Trinajstić information content (AvgIpc) is 3.24. The van der Waals surface area contributed by atoms with E-state index in [1.54, 1.807) is 24.3 Å². The largest absolute Gasteiger partial charge is 0.302 e. The molecule has 0 bridgehead atoms. The van der Waals surface area contributed by atoms with E-state index in [0.717, 1.165) is 15.8 Å². The van der Waals surface area contributed by atoms with Gasteiger partial charge >= 0.3 is 0 Å². The third-order valence-electron chi connectivity index (χ3n) is 4.42. The normalized spacial score (nSPS) is 15.3. The van der Waals surface area contributed by atoms with E-state index >= 15 is 0 Å². The lowest BCUT2D eigenvalue weighted by Gasteiger charge is -2.13. The van der Waals surface area contributed by atoms with Crippen molar-refractivity contribution in [2.75, 3.05) is 11.9 Å². The van der Waals surface area contributed by atoms with Gasteiger partial charge in [0.25, 0.3) is 5.91 Å². The van der Waals surface area contributed by atoms with E-state index in [2.05, 4.69) is 10.3 Å². The molecule has 2 amide bonds. The Morgan fingerprint density at radius 1 is 1.16 bits per heavy atom. The number of nitrogens with one attached hydrogen (secondary N) is 1. The van der Waals surface area contributed by atoms with Gasteiger partial charge in [-0.15, -0.1) is 0 Å². The maximum Gasteiger partial charge on any atom is 0.266 e. The lowest BCUT2D eigenvalue weighted by Crippen LogP contribution is -2.29. The molecule has 2 aromatic carbocycles. The number of thiazole rings is 1. The van der Waals surface area contributed by atoms with Crippen LogP contribution in [-0.2, 0) is 9.59 Å². The molecule has 0 atom stereocenters. The highest BCUT2D eigenvalue weighted by molar-refractivity contribution is 8.26. The van der Waals surface area contributed by atoms with E-state index in [9.17, 15) is 9.59 Å². The van der Waals surface area contributed by atoms with Crippen LogP contribution < -0.4 is 5.32 Å². The first-order valence-corrected chi connectivity index (χ1v) is 12.1. The standard InChI is InChI=1S/C21H15Cl2N3O2S3/c22-13-5-3-12(4-6-13)10-17-19(28)26(21(29)31-17)9-1-2-18(27)25-20-24-15-8-7-14(23)11-16(15)30-20/h3-8,10-11H,1-2,9H2,(H,24,25,27)/b17-10-. The van der Waals surface area contributed by atoms with Crippen LogP contribution in [0.2, 0.25) is 10.0 Å². The van der Waals surface area contributed by atoms with Crippen LogP contribution in [0.25, 0.3) is 16.3 Å². The van der Waals surface area contributed by atoms with Crippen LogP contribution in [0.15, 0.2) is 47.4 Å². The van der Waals surface area contributed by atoms with Crippen molar-refractivity contribution in [2.24, 2.45) is 0 Å². The number of fused-ring (bicyclic) bond motifs is 1. The second kappa shape index (κ2) is 9.67. The number of nitrogens with zero attached hydrogens (tertiary/aromatic N) is 2. The molecule has 4 rings (SSSR count). The SMILES string of the molecule is O=C(CCCN1C(=O)/C(=C/c2ccc(Cl)cc2)SC1=S)Nc1nc2ccc(Cl)cc2s1. The van der Waals surface area contributed by atoms with Crippen LogP contribution in [0, 0.1) is 0 Å². The fourth-order valence-corrected chi connectivity index (χ4v) is 5.53. The Morgan fingerprint density at radius 3 is 2.68 bits per heavy atom. The predicted octanol–water partition coefficient (Wildman–Crippen LogP) is 6.22. The molecule has 0 aliphatic carbocycles. The lowest BCUT2D eigenvalue weighted by molar-refractivity contribution is -0.122. The molecule has 1 N–H and O–H groups in total. The van der Waals surface area contributed by atoms with Crippen molar-refractivity contribution in [1.29, 1.82) is 0 Å². The van der Waals surface area contributed by atoms with Gasteiger partial charge in [0.1, 0.15) is 4.32 Å². The number of thioether (sulfide) groups is 1. The zero-order valence-electron chi connectivity index (χ0n) is 15.9. The van der Waals surface area contributed by atoms with Gasteiger partial charge in [0, 0.05) is 23.0 Å². The maximum atomic E-state index is 12.7. The number of rotatable bonds is 6. The summed E-state index contributed by atoms with van der Waals surface area (Å²) in [7, 11) is 0. The highest BCUT2D eigenvalue weighted by Crippen LogP contribution is 2.33. The molecule has 0 spiro atoms. The molecule has 0 saturated carbocycles. The van der Waals surface area contributed by atoms with Crippen molar-refractivity contribution < 1.29 is 9.59 Å². The molecule has 1 aliphatic heterocycles. The van der Waals surface area contributed by atoms with Gasteiger partial charge in [-0.3, -0.25) is 14.5 Å². The van der Waals surface area contributed by atoms with E-state index in [1.807, 2.05) is 24.3 Å². The number of thiocarbonyl (C=S) groups is 1. The van der Waals surface area contributed by atoms with Gasteiger partial charge in [0.05, 0.1) is 15.1 Å². The molecule has 31 heavy (non-hydrogen) atoms. The Kier molecular flexibility index (Phi) is 6.93. The number of hydrogen-bond acceptors (Lipinski definition) is 6. The Morgan fingerprint density at radius 2 is 1.90 bits per heavy atom. The molecular weight excluding hydrogens is 493 g/mol. The van der Waals surface area contributed by atoms with Crippen molar-refractivity contribution in [2.45, 2.75) is 12.8 Å². The van der Waals surface area contributed by atoms with Gasteiger partial charge in [-0.1, -0.05) is 70.7 Å². The summed E-state index contributed by atoms with van der Waals surface area (Å²) < 4.78 is 1.40. The molecule has 3 aromatic rings. The minimum absolute atomic E-state index is 0.145. The monoisotopic (exact) mass is 507 g/mol. The van der Waals surface area contributed by atoms with Crippen molar-refractivity contribution in [1.82, 2.24) is 9.88 Å². The molecule has 10 heteroatoms. The summed E-state index contributed by atoms with van der Waals surface area (Å²) >= 11 is 19.9. The smallest absolute Gasteiger partial charge is 0.266 e. The number of hydrogen-bond donors (Lipinski definition) is 1. The zero-order chi connectivity index (χ0) is 22.0. The van der Waals surface area contributed by atoms with Crippen LogP contribution in [0.4, 0.5) is 5.13 Å². The van der Waals surface area contributed by atoms with E-state index in [4.69, 9.17) is 35.4 Å². The first-order chi connectivity index (χ1) is 14.9. The second-order valence-electron chi connectivity index (χ2n) is 6.67. The van der Waals surface area contributed by atoms with Crippen LogP contribution in [-0.4, -0.2) is 32.6 Å². The number of benzene rings is 2. The summed E-state index contributed by atoms with van der Waals surface area (Å²) in [6, 6.07) is 12.6. The topological polar surface area (TPSA) is 62.3 Å². The third kappa shape index (κ3) is 5.45. The summed E-state index contributed by atoms with van der Waals surface area (Å²) in [5, 5.41) is 4.60. The first kappa shape index (κ1) is 22.2. The lowest BCUT2D eigenvalue weighted by atomic mass is 10.2. The third-order valence-corrected chi connectivity index (χ3v) is 7.22. The van der Waals surface area contributed by atoms with E-state index in [0.29, 0.717) is 37.4 Å². The van der Waals surface area contributed by atoms with E-state index in [-0.39, 0.29) is 18.2 Å². The van der Waals surface area contributed by atoms with Crippen molar-refractivity contribution in [3.8, 4) is 0 Å². The molecule has 0 unspecified atom stereocenters. The van der Waals surface area contributed by atoms with Gasteiger partial charge in [-0.05, 0) is 48.4 Å². The maximum absolute atomic E-state index is 12.7. The molecule has 1 aliphatic rings. The second-order valence-corrected chi connectivity index (χ2v) is 10.2. The van der Waals surface area contributed by atoms with Gasteiger partial charge in [-0.2, -0.15) is 0 Å². The minimum Gasteiger partial charge on any atom is -0.302 e. The molecule has 158 valence electrons. The molecule has 5 nitrogen and oxygen atoms in total. The van der Waals surface area contributed by atoms with Crippen molar-refractivity contribution in [3.63, 3.8) is 0 Å². The number of carbonyl (C=O) groups is 2. The van der Waals surface area contributed by atoms with Crippen molar-refractivity contribution in [3.05, 3.63) is 63.0 Å². The van der Waals surface area contributed by atoms with Gasteiger partial charge in [0.2, 0.25) is 5.91 Å². The number of anilines is 1. The molecule has 1 fully saturated rings. The quantitative estimate of drug-likeness (QED) is 0.316. The van der Waals surface area contributed by atoms with Gasteiger partial charge < -0.3 is 5.32 Å². The molecule has 1 saturated heterocycles. The van der Waals surface area contributed by atoms with Crippen molar-refractivity contribution >= 4 is 96.1 Å². The molecule has 2 heterocycles. The summed E-state index contributed by atoms with van der Waals surface area (Å²) in [5.41, 5.74) is 1.66. The number of halogens is 2. The number of carbonyl (C=O) groups excluding carboxylic acids is 2. The van der Waals surface area contributed by atoms with Crippen LogP contribution >= 0.6 is 58.5 Å². The van der Waals surface area contributed by atoms with E-state index < -0.39 is 0 Å². The minimum atomic E-state index is -0.160. The fourth-order valence-electron chi connectivity index (χ4n) is 2.93. The Hall–Kier alpha value is -1.97. The zero-order valence-corrected chi connectivity index (χ0v) is 19.9. The fraction of sp³-hybridized carbons (Fsp3) is 0.143. The molecular formula is C21H15Cl2N3O2S3. The summed E-state index contributed by atoms with van der Waals surface area (Å²) in [6.07, 6.45) is 2.54. The predicted molar refractivity (Wildman–Crippen MR) is 134 cm³/mol. The molecule has 1 aromatic heterocycles. The first-order valence-electron chi connectivity index (χ1n) is 9.26. The Balaban J connectivity index is 1.31. The highest BCUT2D eigenvalue weighted by Gasteiger charge is 2.31. The van der Waals surface area contributed by atoms with Crippen LogP contribution in [0.1, 0.15) is 18.4 Å². The Bertz CT molecular complexity index is 1210. The molecule has 0 radical (unpaired) electrons. The number of aromatic nitrogens is 1. The van der Waals surface area contributed by atoms with E-state index in [1.165, 1.54) is 28.0 Å². The average molecular weight is 508 g/mol. The Labute approximate surface area is 202 Å². The summed E-state index contributed by atoms with van der Waals surface area (Å²) in [4.78, 5) is 31.5. The summed E-state index contributed by atoms with van der Waals surface area (Å²) in [5.74, 6) is -0.305.